The first-order chi connectivity index (χ1) is 8.59. The van der Waals surface area contributed by atoms with E-state index in [1.54, 1.807) is 12.1 Å². The summed E-state index contributed by atoms with van der Waals surface area (Å²) in [4.78, 5) is 10.5. The monoisotopic (exact) mass is 252 g/mol. The van der Waals surface area contributed by atoms with E-state index in [0.29, 0.717) is 12.8 Å². The second-order valence-corrected chi connectivity index (χ2v) is 4.57. The predicted molar refractivity (Wildman–Crippen MR) is 70.6 cm³/mol. The largest absolute Gasteiger partial charge is 0.370 e. The molecule has 3 N–H and O–H groups in total. The lowest BCUT2D eigenvalue weighted by Crippen LogP contribution is -2.29. The van der Waals surface area contributed by atoms with Gasteiger partial charge in [0.05, 0.1) is 0 Å². The highest BCUT2D eigenvalue weighted by atomic mass is 19.1. The zero-order valence-electron chi connectivity index (χ0n) is 10.8. The van der Waals surface area contributed by atoms with Gasteiger partial charge in [0.15, 0.2) is 0 Å². The molecule has 18 heavy (non-hydrogen) atoms. The minimum atomic E-state index is -0.255. The second-order valence-electron chi connectivity index (χ2n) is 4.57. The van der Waals surface area contributed by atoms with Crippen LogP contribution in [-0.4, -0.2) is 18.5 Å². The predicted octanol–water partition coefficient (Wildman–Crippen LogP) is 2.00. The van der Waals surface area contributed by atoms with Crippen LogP contribution in [0.1, 0.15) is 31.7 Å². The number of carbonyl (C=O) groups is 1. The molecule has 0 saturated carbocycles. The van der Waals surface area contributed by atoms with Gasteiger partial charge in [0.2, 0.25) is 5.91 Å². The van der Waals surface area contributed by atoms with Crippen molar-refractivity contribution in [1.29, 1.82) is 0 Å². The van der Waals surface area contributed by atoms with Crippen molar-refractivity contribution in [3.8, 4) is 0 Å². The fraction of sp³-hybridized carbons (Fsp3) is 0.500. The molecule has 0 heterocycles. The van der Waals surface area contributed by atoms with Crippen LogP contribution in [0, 0.1) is 5.82 Å². The van der Waals surface area contributed by atoms with Gasteiger partial charge < -0.3 is 11.1 Å². The van der Waals surface area contributed by atoms with Crippen LogP contribution in [0.25, 0.3) is 0 Å². The Morgan fingerprint density at radius 1 is 1.39 bits per heavy atom. The first kappa shape index (κ1) is 14.6. The Morgan fingerprint density at radius 3 is 2.78 bits per heavy atom. The van der Waals surface area contributed by atoms with Crippen molar-refractivity contribution in [3.05, 3.63) is 35.6 Å². The molecule has 0 radical (unpaired) electrons. The van der Waals surface area contributed by atoms with Crippen molar-refractivity contribution >= 4 is 5.91 Å². The van der Waals surface area contributed by atoms with Gasteiger partial charge in [0, 0.05) is 12.5 Å². The zero-order chi connectivity index (χ0) is 13.4. The second kappa shape index (κ2) is 7.82. The average molecular weight is 252 g/mol. The molecule has 3 nitrogen and oxygen atoms in total. The molecule has 0 aliphatic carbocycles. The van der Waals surface area contributed by atoms with Gasteiger partial charge in [-0.15, -0.1) is 0 Å². The van der Waals surface area contributed by atoms with Crippen LogP contribution in [0.3, 0.4) is 0 Å². The number of unbranched alkanes of at least 4 members (excludes halogenated alkanes) is 1. The van der Waals surface area contributed by atoms with E-state index in [-0.39, 0.29) is 17.8 Å². The van der Waals surface area contributed by atoms with Gasteiger partial charge in [-0.05, 0) is 44.4 Å². The molecule has 1 aromatic rings. The molecular weight excluding hydrogens is 231 g/mol. The highest BCUT2D eigenvalue weighted by molar-refractivity contribution is 5.73. The Kier molecular flexibility index (Phi) is 6.36. The average Bonchev–Trinajstić information content (AvgIpc) is 2.31. The lowest BCUT2D eigenvalue weighted by molar-refractivity contribution is -0.118. The fourth-order valence-electron chi connectivity index (χ4n) is 1.84. The molecule has 0 saturated heterocycles. The molecule has 0 aliphatic rings. The maximum atomic E-state index is 13.4. The maximum absolute atomic E-state index is 13.4. The molecule has 1 amide bonds. The fourth-order valence-corrected chi connectivity index (χ4v) is 1.84. The molecule has 100 valence electrons. The van der Waals surface area contributed by atoms with Crippen LogP contribution in [0.15, 0.2) is 24.3 Å². The molecule has 0 aromatic heterocycles. The topological polar surface area (TPSA) is 55.1 Å². The van der Waals surface area contributed by atoms with Crippen molar-refractivity contribution < 1.29 is 9.18 Å². The number of hydrogen-bond donors (Lipinski definition) is 2. The lowest BCUT2D eigenvalue weighted by atomic mass is 10.1. The summed E-state index contributed by atoms with van der Waals surface area (Å²) in [5, 5.41) is 3.31. The Hall–Kier alpha value is -1.42. The Balaban J connectivity index is 2.20. The molecule has 1 unspecified atom stereocenters. The molecule has 1 rings (SSSR count). The number of nitrogens with one attached hydrogen (secondary N) is 1. The third kappa shape index (κ3) is 5.77. The SMILES string of the molecule is CC(Cc1ccccc1F)NCCCCC(N)=O. The number of rotatable bonds is 8. The van der Waals surface area contributed by atoms with E-state index < -0.39 is 0 Å². The molecule has 4 heteroatoms. The van der Waals surface area contributed by atoms with Crippen LogP contribution >= 0.6 is 0 Å². The molecule has 1 aromatic carbocycles. The van der Waals surface area contributed by atoms with Crippen molar-refractivity contribution in [2.24, 2.45) is 5.73 Å². The van der Waals surface area contributed by atoms with Gasteiger partial charge >= 0.3 is 0 Å². The zero-order valence-corrected chi connectivity index (χ0v) is 10.8. The van der Waals surface area contributed by atoms with Gasteiger partial charge in [-0.3, -0.25) is 4.79 Å². The lowest BCUT2D eigenvalue weighted by Gasteiger charge is -2.14. The van der Waals surface area contributed by atoms with Crippen LogP contribution < -0.4 is 11.1 Å². The smallest absolute Gasteiger partial charge is 0.217 e. The quantitative estimate of drug-likeness (QED) is 0.695. The number of amides is 1. The molecule has 1 atom stereocenters. The summed E-state index contributed by atoms with van der Waals surface area (Å²) in [7, 11) is 0. The van der Waals surface area contributed by atoms with Crippen LogP contribution in [0.4, 0.5) is 4.39 Å². The van der Waals surface area contributed by atoms with Crippen molar-refractivity contribution in [2.75, 3.05) is 6.54 Å². The number of primary amides is 1. The molecule has 0 spiro atoms. The first-order valence-electron chi connectivity index (χ1n) is 6.34. The van der Waals surface area contributed by atoms with Crippen LogP contribution in [0.2, 0.25) is 0 Å². The van der Waals surface area contributed by atoms with Gasteiger partial charge in [-0.2, -0.15) is 0 Å². The van der Waals surface area contributed by atoms with Crippen LogP contribution in [-0.2, 0) is 11.2 Å². The number of carbonyl (C=O) groups excluding carboxylic acids is 1. The Morgan fingerprint density at radius 2 is 2.11 bits per heavy atom. The number of nitrogens with two attached hydrogens (primary N) is 1. The summed E-state index contributed by atoms with van der Waals surface area (Å²) >= 11 is 0. The highest BCUT2D eigenvalue weighted by Crippen LogP contribution is 2.09. The minimum absolute atomic E-state index is 0.153. The Bertz CT molecular complexity index is 382. The molecular formula is C14H21FN2O. The van der Waals surface area contributed by atoms with E-state index in [0.717, 1.165) is 24.9 Å². The summed E-state index contributed by atoms with van der Waals surface area (Å²) < 4.78 is 13.4. The van der Waals surface area contributed by atoms with E-state index in [1.807, 2.05) is 13.0 Å². The van der Waals surface area contributed by atoms with Gasteiger partial charge in [0.25, 0.3) is 0 Å². The summed E-state index contributed by atoms with van der Waals surface area (Å²) in [5.74, 6) is -0.408. The van der Waals surface area contributed by atoms with Gasteiger partial charge in [-0.1, -0.05) is 18.2 Å². The summed E-state index contributed by atoms with van der Waals surface area (Å²) in [5.41, 5.74) is 5.78. The molecule has 0 aliphatic heterocycles. The summed E-state index contributed by atoms with van der Waals surface area (Å²) in [6.07, 6.45) is 2.81. The minimum Gasteiger partial charge on any atom is -0.370 e. The van der Waals surface area contributed by atoms with Gasteiger partial charge in [0.1, 0.15) is 5.82 Å². The first-order valence-corrected chi connectivity index (χ1v) is 6.34. The number of hydrogen-bond acceptors (Lipinski definition) is 2. The molecule has 0 bridgehead atoms. The summed E-state index contributed by atoms with van der Waals surface area (Å²) in [6, 6.07) is 7.05. The van der Waals surface area contributed by atoms with E-state index in [4.69, 9.17) is 5.73 Å². The van der Waals surface area contributed by atoms with Crippen LogP contribution in [0.5, 0.6) is 0 Å². The highest BCUT2D eigenvalue weighted by Gasteiger charge is 2.06. The summed E-state index contributed by atoms with van der Waals surface area (Å²) in [6.45, 7) is 2.85. The maximum Gasteiger partial charge on any atom is 0.217 e. The third-order valence-electron chi connectivity index (χ3n) is 2.83. The van der Waals surface area contributed by atoms with E-state index >= 15 is 0 Å². The van der Waals surface area contributed by atoms with E-state index in [9.17, 15) is 9.18 Å². The standard InChI is InChI=1S/C14H21FN2O/c1-11(17-9-5-4-8-14(16)18)10-12-6-2-3-7-13(12)15/h2-3,6-7,11,17H,4-5,8-10H2,1H3,(H2,16,18). The number of halogens is 1. The number of benzene rings is 1. The van der Waals surface area contributed by atoms with E-state index in [1.165, 1.54) is 6.07 Å². The van der Waals surface area contributed by atoms with E-state index in [2.05, 4.69) is 5.32 Å². The third-order valence-corrected chi connectivity index (χ3v) is 2.83. The van der Waals surface area contributed by atoms with Crippen molar-refractivity contribution in [2.45, 2.75) is 38.6 Å². The normalized spacial score (nSPS) is 12.3. The Labute approximate surface area is 108 Å². The van der Waals surface area contributed by atoms with Gasteiger partial charge in [-0.25, -0.2) is 4.39 Å². The van der Waals surface area contributed by atoms with Crippen molar-refractivity contribution in [3.63, 3.8) is 0 Å². The molecule has 0 fully saturated rings. The van der Waals surface area contributed by atoms with Crippen molar-refractivity contribution in [1.82, 2.24) is 5.32 Å².